The first-order chi connectivity index (χ1) is 9.40. The summed E-state index contributed by atoms with van der Waals surface area (Å²) in [6.45, 7) is 5.89. The van der Waals surface area contributed by atoms with Gasteiger partial charge in [-0.05, 0) is 55.7 Å². The van der Waals surface area contributed by atoms with Crippen LogP contribution >= 0.6 is 0 Å². The van der Waals surface area contributed by atoms with Crippen LogP contribution < -0.4 is 10.6 Å². The number of carbonyl (C=O) groups is 1. The van der Waals surface area contributed by atoms with E-state index in [-0.39, 0.29) is 5.91 Å². The van der Waals surface area contributed by atoms with Gasteiger partial charge in [0.2, 0.25) is 0 Å². The number of amides is 1. The van der Waals surface area contributed by atoms with Gasteiger partial charge in [0.15, 0.2) is 0 Å². The van der Waals surface area contributed by atoms with Gasteiger partial charge in [0.25, 0.3) is 5.91 Å². The molecule has 2 aromatic carbocycles. The highest BCUT2D eigenvalue weighted by Gasteiger charge is 2.16. The number of hydrogen-bond acceptors (Lipinski definition) is 2. The number of nitrogen functional groups attached to an aromatic ring is 1. The molecule has 0 aromatic heterocycles. The molecule has 0 atom stereocenters. The van der Waals surface area contributed by atoms with Gasteiger partial charge in [-0.25, -0.2) is 0 Å². The number of carbonyl (C=O) groups excluding carboxylic acids is 1. The number of benzene rings is 2. The molecule has 0 aliphatic carbocycles. The van der Waals surface area contributed by atoms with Crippen molar-refractivity contribution in [3.05, 3.63) is 58.7 Å². The smallest absolute Gasteiger partial charge is 0.258 e. The van der Waals surface area contributed by atoms with E-state index in [4.69, 9.17) is 5.73 Å². The zero-order valence-electron chi connectivity index (χ0n) is 12.4. The Kier molecular flexibility index (Phi) is 3.79. The van der Waals surface area contributed by atoms with Crippen LogP contribution in [0.5, 0.6) is 0 Å². The molecule has 0 saturated heterocycles. The van der Waals surface area contributed by atoms with Crippen molar-refractivity contribution in [2.24, 2.45) is 0 Å². The van der Waals surface area contributed by atoms with Gasteiger partial charge in [0.05, 0.1) is 0 Å². The summed E-state index contributed by atoms with van der Waals surface area (Å²) in [6.07, 6.45) is 0. The maximum Gasteiger partial charge on any atom is 0.258 e. The summed E-state index contributed by atoms with van der Waals surface area (Å²) in [5, 5.41) is 0. The van der Waals surface area contributed by atoms with Gasteiger partial charge < -0.3 is 10.6 Å². The monoisotopic (exact) mass is 268 g/mol. The third-order valence-corrected chi connectivity index (χ3v) is 3.54. The van der Waals surface area contributed by atoms with Crippen LogP contribution in [0, 0.1) is 20.8 Å². The van der Waals surface area contributed by atoms with E-state index in [0.717, 1.165) is 22.4 Å². The van der Waals surface area contributed by atoms with Gasteiger partial charge >= 0.3 is 0 Å². The number of nitrogens with two attached hydrogens (primary N) is 1. The zero-order valence-corrected chi connectivity index (χ0v) is 12.4. The highest BCUT2D eigenvalue weighted by Crippen LogP contribution is 2.22. The van der Waals surface area contributed by atoms with E-state index in [9.17, 15) is 4.79 Å². The van der Waals surface area contributed by atoms with Gasteiger partial charge in [-0.2, -0.15) is 0 Å². The fourth-order valence-corrected chi connectivity index (χ4v) is 2.23. The third-order valence-electron chi connectivity index (χ3n) is 3.54. The topological polar surface area (TPSA) is 46.3 Å². The third kappa shape index (κ3) is 2.67. The Morgan fingerprint density at radius 2 is 1.75 bits per heavy atom. The average molecular weight is 268 g/mol. The molecule has 0 radical (unpaired) electrons. The van der Waals surface area contributed by atoms with Crippen LogP contribution in [0.15, 0.2) is 36.4 Å². The van der Waals surface area contributed by atoms with E-state index in [0.29, 0.717) is 11.3 Å². The quantitative estimate of drug-likeness (QED) is 0.848. The minimum Gasteiger partial charge on any atom is -0.398 e. The van der Waals surface area contributed by atoms with Crippen molar-refractivity contribution < 1.29 is 4.79 Å². The van der Waals surface area contributed by atoms with Crippen molar-refractivity contribution in [1.29, 1.82) is 0 Å². The minimum absolute atomic E-state index is 0.0419. The predicted octanol–water partition coefficient (Wildman–Crippen LogP) is 3.47. The molecule has 0 heterocycles. The summed E-state index contributed by atoms with van der Waals surface area (Å²) >= 11 is 0. The van der Waals surface area contributed by atoms with Crippen molar-refractivity contribution in [3.63, 3.8) is 0 Å². The lowest BCUT2D eigenvalue weighted by Gasteiger charge is -2.19. The SMILES string of the molecule is Cc1cccc(N(C)C(=O)c2cc(N)c(C)cc2C)c1. The fraction of sp³-hybridized carbons (Fsp3) is 0.235. The molecule has 2 N–H and O–H groups in total. The fourth-order valence-electron chi connectivity index (χ4n) is 2.23. The van der Waals surface area contributed by atoms with Crippen LogP contribution in [-0.2, 0) is 0 Å². The van der Waals surface area contributed by atoms with E-state index in [1.807, 2.05) is 51.1 Å². The predicted molar refractivity (Wildman–Crippen MR) is 84.2 cm³/mol. The van der Waals surface area contributed by atoms with E-state index >= 15 is 0 Å². The molecule has 0 aliphatic rings. The largest absolute Gasteiger partial charge is 0.398 e. The molecule has 3 nitrogen and oxygen atoms in total. The first-order valence-electron chi connectivity index (χ1n) is 6.61. The molecule has 3 heteroatoms. The van der Waals surface area contributed by atoms with Crippen LogP contribution in [0.25, 0.3) is 0 Å². The van der Waals surface area contributed by atoms with Crippen LogP contribution in [0.4, 0.5) is 11.4 Å². The minimum atomic E-state index is -0.0419. The molecular formula is C17H20N2O. The lowest BCUT2D eigenvalue weighted by atomic mass is 10.0. The summed E-state index contributed by atoms with van der Waals surface area (Å²) in [5.74, 6) is -0.0419. The highest BCUT2D eigenvalue weighted by atomic mass is 16.2. The van der Waals surface area contributed by atoms with E-state index in [1.54, 1.807) is 18.0 Å². The molecule has 0 aliphatic heterocycles. The van der Waals surface area contributed by atoms with E-state index in [1.165, 1.54) is 0 Å². The molecular weight excluding hydrogens is 248 g/mol. The summed E-state index contributed by atoms with van der Waals surface area (Å²) in [5.41, 5.74) is 11.2. The Labute approximate surface area is 120 Å². The van der Waals surface area contributed by atoms with Crippen molar-refractivity contribution >= 4 is 17.3 Å². The van der Waals surface area contributed by atoms with Crippen molar-refractivity contribution in [3.8, 4) is 0 Å². The molecule has 0 saturated carbocycles. The first kappa shape index (κ1) is 14.1. The van der Waals surface area contributed by atoms with Crippen molar-refractivity contribution in [1.82, 2.24) is 0 Å². The Hall–Kier alpha value is -2.29. The second kappa shape index (κ2) is 5.37. The Morgan fingerprint density at radius 3 is 2.40 bits per heavy atom. The number of aryl methyl sites for hydroxylation is 3. The Bertz CT molecular complexity index is 662. The number of rotatable bonds is 2. The van der Waals surface area contributed by atoms with Gasteiger partial charge in [-0.15, -0.1) is 0 Å². The molecule has 20 heavy (non-hydrogen) atoms. The van der Waals surface area contributed by atoms with E-state index < -0.39 is 0 Å². The van der Waals surface area contributed by atoms with Crippen LogP contribution in [0.3, 0.4) is 0 Å². The molecule has 0 unspecified atom stereocenters. The summed E-state index contributed by atoms with van der Waals surface area (Å²) in [6, 6.07) is 11.6. The van der Waals surface area contributed by atoms with E-state index in [2.05, 4.69) is 0 Å². The Morgan fingerprint density at radius 1 is 1.05 bits per heavy atom. The highest BCUT2D eigenvalue weighted by molar-refractivity contribution is 6.07. The van der Waals surface area contributed by atoms with Gasteiger partial charge in [-0.3, -0.25) is 4.79 Å². The second-order valence-corrected chi connectivity index (χ2v) is 5.23. The summed E-state index contributed by atoms with van der Waals surface area (Å²) in [7, 11) is 1.78. The van der Waals surface area contributed by atoms with Crippen LogP contribution in [0.1, 0.15) is 27.0 Å². The summed E-state index contributed by atoms with van der Waals surface area (Å²) in [4.78, 5) is 14.3. The van der Waals surface area contributed by atoms with Gasteiger partial charge in [0, 0.05) is 24.0 Å². The van der Waals surface area contributed by atoms with Crippen LogP contribution in [0.2, 0.25) is 0 Å². The maximum absolute atomic E-state index is 12.6. The summed E-state index contributed by atoms with van der Waals surface area (Å²) < 4.78 is 0. The first-order valence-corrected chi connectivity index (χ1v) is 6.61. The molecule has 0 spiro atoms. The lowest BCUT2D eigenvalue weighted by molar-refractivity contribution is 0.0992. The number of nitrogens with zero attached hydrogens (tertiary/aromatic N) is 1. The standard InChI is InChI=1S/C17H20N2O/c1-11-6-5-7-14(8-11)19(4)17(20)15-10-16(18)13(3)9-12(15)2/h5-10H,18H2,1-4H3. The molecule has 2 aromatic rings. The lowest BCUT2D eigenvalue weighted by Crippen LogP contribution is -2.27. The van der Waals surface area contributed by atoms with Gasteiger partial charge in [-0.1, -0.05) is 18.2 Å². The van der Waals surface area contributed by atoms with Crippen molar-refractivity contribution in [2.75, 3.05) is 17.7 Å². The average Bonchev–Trinajstić information content (AvgIpc) is 2.41. The Balaban J connectivity index is 2.39. The maximum atomic E-state index is 12.6. The second-order valence-electron chi connectivity index (χ2n) is 5.23. The molecule has 1 amide bonds. The molecule has 2 rings (SSSR count). The zero-order chi connectivity index (χ0) is 14.9. The number of hydrogen-bond donors (Lipinski definition) is 1. The number of anilines is 2. The molecule has 0 fully saturated rings. The molecule has 104 valence electrons. The van der Waals surface area contributed by atoms with Crippen molar-refractivity contribution in [2.45, 2.75) is 20.8 Å². The van der Waals surface area contributed by atoms with Gasteiger partial charge in [0.1, 0.15) is 0 Å². The van der Waals surface area contributed by atoms with Crippen LogP contribution in [-0.4, -0.2) is 13.0 Å². The molecule has 0 bridgehead atoms. The normalized spacial score (nSPS) is 10.4.